The van der Waals surface area contributed by atoms with Gasteiger partial charge in [-0.3, -0.25) is 4.79 Å². The van der Waals surface area contributed by atoms with E-state index in [0.29, 0.717) is 24.6 Å². The van der Waals surface area contributed by atoms with E-state index in [9.17, 15) is 4.79 Å². The number of rotatable bonds is 2. The van der Waals surface area contributed by atoms with Gasteiger partial charge >= 0.3 is 0 Å². The van der Waals surface area contributed by atoms with E-state index in [-0.39, 0.29) is 5.56 Å². The molecule has 0 atom stereocenters. The van der Waals surface area contributed by atoms with Crippen molar-refractivity contribution in [2.75, 3.05) is 31.2 Å². The number of anilines is 1. The maximum atomic E-state index is 13.0. The van der Waals surface area contributed by atoms with Crippen LogP contribution in [0.2, 0.25) is 0 Å². The minimum Gasteiger partial charge on any atom is -0.378 e. The molecule has 130 valence electrons. The summed E-state index contributed by atoms with van der Waals surface area (Å²) in [5.41, 5.74) is 3.97. The first-order valence-corrected chi connectivity index (χ1v) is 8.74. The number of nitrogens with one attached hydrogen (secondary N) is 2. The zero-order valence-corrected chi connectivity index (χ0v) is 14.2. The molecule has 0 unspecified atom stereocenters. The van der Waals surface area contributed by atoms with Gasteiger partial charge in [-0.1, -0.05) is 30.3 Å². The average molecular weight is 346 g/mol. The molecule has 0 bridgehead atoms. The number of pyridine rings is 1. The minimum absolute atomic E-state index is 0.135. The van der Waals surface area contributed by atoms with Crippen LogP contribution in [0, 0.1) is 0 Å². The third-order valence-electron chi connectivity index (χ3n) is 4.85. The third-order valence-corrected chi connectivity index (χ3v) is 4.85. The highest BCUT2D eigenvalue weighted by molar-refractivity contribution is 5.99. The lowest BCUT2D eigenvalue weighted by Gasteiger charge is -2.31. The van der Waals surface area contributed by atoms with Gasteiger partial charge in [-0.25, -0.2) is 4.98 Å². The Morgan fingerprint density at radius 3 is 2.46 bits per heavy atom. The molecule has 3 heterocycles. The van der Waals surface area contributed by atoms with Crippen LogP contribution in [0.3, 0.4) is 0 Å². The Bertz CT molecular complexity index is 1120. The molecule has 1 fully saturated rings. The zero-order valence-electron chi connectivity index (χ0n) is 14.2. The molecule has 0 saturated carbocycles. The lowest BCUT2D eigenvalue weighted by molar-refractivity contribution is 0.123. The number of nitrogens with zero attached hydrogens (tertiary/aromatic N) is 2. The van der Waals surface area contributed by atoms with E-state index in [1.165, 1.54) is 0 Å². The maximum absolute atomic E-state index is 13.0. The van der Waals surface area contributed by atoms with Crippen molar-refractivity contribution in [3.63, 3.8) is 0 Å². The Balaban J connectivity index is 1.83. The zero-order chi connectivity index (χ0) is 17.5. The van der Waals surface area contributed by atoms with E-state index in [0.717, 1.165) is 40.7 Å². The number of aromatic amines is 2. The molecule has 1 aliphatic heterocycles. The lowest BCUT2D eigenvalue weighted by Crippen LogP contribution is -2.37. The molecule has 1 saturated heterocycles. The second-order valence-corrected chi connectivity index (χ2v) is 6.43. The van der Waals surface area contributed by atoms with Crippen molar-refractivity contribution < 1.29 is 4.74 Å². The largest absolute Gasteiger partial charge is 0.378 e. The van der Waals surface area contributed by atoms with Crippen molar-refractivity contribution in [3.05, 3.63) is 58.9 Å². The highest BCUT2D eigenvalue weighted by Crippen LogP contribution is 2.34. The first-order valence-electron chi connectivity index (χ1n) is 8.74. The van der Waals surface area contributed by atoms with Crippen LogP contribution in [-0.2, 0) is 4.74 Å². The van der Waals surface area contributed by atoms with Gasteiger partial charge in [0.2, 0.25) is 0 Å². The summed E-state index contributed by atoms with van der Waals surface area (Å²) in [7, 11) is 0. The van der Waals surface area contributed by atoms with E-state index < -0.39 is 0 Å². The number of para-hydroxylation sites is 3. The monoisotopic (exact) mass is 346 g/mol. The normalized spacial score (nSPS) is 15.0. The Labute approximate surface area is 149 Å². The summed E-state index contributed by atoms with van der Waals surface area (Å²) >= 11 is 0. The van der Waals surface area contributed by atoms with Gasteiger partial charge in [0.05, 0.1) is 35.5 Å². The number of imidazole rings is 1. The molecule has 2 N–H and O–H groups in total. The van der Waals surface area contributed by atoms with E-state index in [2.05, 4.69) is 19.9 Å². The number of benzene rings is 2. The van der Waals surface area contributed by atoms with Gasteiger partial charge < -0.3 is 19.6 Å². The Kier molecular flexibility index (Phi) is 3.50. The van der Waals surface area contributed by atoms with Crippen molar-refractivity contribution in [2.24, 2.45) is 0 Å². The van der Waals surface area contributed by atoms with Crippen molar-refractivity contribution >= 4 is 27.6 Å². The standard InChI is InChI=1S/C20H18N4O2/c25-20-17(19-21-15-7-3-4-8-16(15)22-19)18(24-9-11-26-12-10-24)13-5-1-2-6-14(13)23-20/h1-8H,9-12H2,(H,21,22)(H,23,25). The van der Waals surface area contributed by atoms with Crippen molar-refractivity contribution in [2.45, 2.75) is 0 Å². The molecule has 5 rings (SSSR count). The number of aromatic nitrogens is 3. The molecule has 2 aromatic heterocycles. The van der Waals surface area contributed by atoms with Crippen LogP contribution >= 0.6 is 0 Å². The SMILES string of the molecule is O=c1[nH]c2ccccc2c(N2CCOCC2)c1-c1nc2ccccc2[nH]1. The number of hydrogen-bond donors (Lipinski definition) is 2. The van der Waals surface area contributed by atoms with E-state index in [1.54, 1.807) is 0 Å². The highest BCUT2D eigenvalue weighted by Gasteiger charge is 2.23. The first-order chi connectivity index (χ1) is 12.8. The summed E-state index contributed by atoms with van der Waals surface area (Å²) in [6, 6.07) is 15.7. The Morgan fingerprint density at radius 1 is 0.923 bits per heavy atom. The maximum Gasteiger partial charge on any atom is 0.261 e. The molecule has 6 heteroatoms. The van der Waals surface area contributed by atoms with E-state index in [1.807, 2.05) is 48.5 Å². The van der Waals surface area contributed by atoms with Crippen LogP contribution in [-0.4, -0.2) is 41.3 Å². The fourth-order valence-electron chi connectivity index (χ4n) is 3.63. The molecule has 2 aromatic carbocycles. The van der Waals surface area contributed by atoms with Gasteiger partial charge in [0.1, 0.15) is 11.4 Å². The fourth-order valence-corrected chi connectivity index (χ4v) is 3.63. The van der Waals surface area contributed by atoms with Gasteiger partial charge in [-0.2, -0.15) is 0 Å². The number of fused-ring (bicyclic) bond motifs is 2. The van der Waals surface area contributed by atoms with E-state index in [4.69, 9.17) is 4.74 Å². The molecular formula is C20H18N4O2. The Hall–Kier alpha value is -3.12. The second-order valence-electron chi connectivity index (χ2n) is 6.43. The minimum atomic E-state index is -0.135. The first kappa shape index (κ1) is 15.2. The van der Waals surface area contributed by atoms with Gasteiger partial charge in [0.15, 0.2) is 0 Å². The van der Waals surface area contributed by atoms with Crippen molar-refractivity contribution in [1.82, 2.24) is 15.0 Å². The summed E-state index contributed by atoms with van der Waals surface area (Å²) in [6.07, 6.45) is 0. The number of morpholine rings is 1. The van der Waals surface area contributed by atoms with Gasteiger partial charge in [-0.05, 0) is 18.2 Å². The fraction of sp³-hybridized carbons (Fsp3) is 0.200. The molecule has 4 aromatic rings. The molecule has 0 aliphatic carbocycles. The molecule has 0 amide bonds. The van der Waals surface area contributed by atoms with Gasteiger partial charge in [0, 0.05) is 18.5 Å². The van der Waals surface area contributed by atoms with Crippen molar-refractivity contribution in [1.29, 1.82) is 0 Å². The predicted molar refractivity (Wildman–Crippen MR) is 103 cm³/mol. The van der Waals surface area contributed by atoms with Crippen LogP contribution < -0.4 is 10.5 Å². The summed E-state index contributed by atoms with van der Waals surface area (Å²) in [5, 5.41) is 1.02. The average Bonchev–Trinajstić information content (AvgIpc) is 3.11. The summed E-state index contributed by atoms with van der Waals surface area (Å²) in [5.74, 6) is 0.597. The summed E-state index contributed by atoms with van der Waals surface area (Å²) < 4.78 is 5.51. The molecule has 6 nitrogen and oxygen atoms in total. The van der Waals surface area contributed by atoms with Crippen LogP contribution in [0.5, 0.6) is 0 Å². The molecular weight excluding hydrogens is 328 g/mol. The topological polar surface area (TPSA) is 74.0 Å². The van der Waals surface area contributed by atoms with E-state index >= 15 is 0 Å². The van der Waals surface area contributed by atoms with Crippen LogP contribution in [0.4, 0.5) is 5.69 Å². The van der Waals surface area contributed by atoms with Gasteiger partial charge in [0.25, 0.3) is 5.56 Å². The smallest absolute Gasteiger partial charge is 0.261 e. The second kappa shape index (κ2) is 6.00. The molecule has 26 heavy (non-hydrogen) atoms. The molecule has 1 aliphatic rings. The summed E-state index contributed by atoms with van der Waals surface area (Å²) in [6.45, 7) is 2.81. The van der Waals surface area contributed by atoms with Crippen molar-refractivity contribution in [3.8, 4) is 11.4 Å². The Morgan fingerprint density at radius 2 is 1.65 bits per heavy atom. The quantitative estimate of drug-likeness (QED) is 0.585. The molecule has 0 radical (unpaired) electrons. The number of ether oxygens (including phenoxy) is 1. The van der Waals surface area contributed by atoms with Crippen LogP contribution in [0.1, 0.15) is 0 Å². The summed E-state index contributed by atoms with van der Waals surface area (Å²) in [4.78, 5) is 26.2. The lowest BCUT2D eigenvalue weighted by atomic mass is 10.1. The van der Waals surface area contributed by atoms with Crippen LogP contribution in [0.25, 0.3) is 33.3 Å². The number of H-pyrrole nitrogens is 2. The number of hydrogen-bond acceptors (Lipinski definition) is 4. The highest BCUT2D eigenvalue weighted by atomic mass is 16.5. The predicted octanol–water partition coefficient (Wildman–Crippen LogP) is 2.91. The molecule has 0 spiro atoms. The third kappa shape index (κ3) is 2.38. The van der Waals surface area contributed by atoms with Gasteiger partial charge in [-0.15, -0.1) is 0 Å². The van der Waals surface area contributed by atoms with Crippen LogP contribution in [0.15, 0.2) is 53.3 Å².